The highest BCUT2D eigenvalue weighted by atomic mass is 35.5. The summed E-state index contributed by atoms with van der Waals surface area (Å²) in [5.74, 6) is -1.34. The summed E-state index contributed by atoms with van der Waals surface area (Å²) in [5.41, 5.74) is -1.29. The summed E-state index contributed by atoms with van der Waals surface area (Å²) in [6.07, 6.45) is -0.294. The molecule has 0 radical (unpaired) electrons. The maximum Gasteiger partial charge on any atom is 0.416 e. The molecule has 1 saturated carbocycles. The summed E-state index contributed by atoms with van der Waals surface area (Å²) in [6.45, 7) is 0.307. The van der Waals surface area contributed by atoms with Gasteiger partial charge in [0.1, 0.15) is 12.6 Å². The fraction of sp³-hybridized carbons (Fsp3) is 0.355. The van der Waals surface area contributed by atoms with E-state index < -0.39 is 51.9 Å². The first-order valence-electron chi connectivity index (χ1n) is 14.2. The van der Waals surface area contributed by atoms with Crippen LogP contribution in [0, 0.1) is 0 Å². The van der Waals surface area contributed by atoms with Crippen molar-refractivity contribution in [3.63, 3.8) is 0 Å². The molecule has 4 rings (SSSR count). The normalized spacial score (nSPS) is 14.9. The lowest BCUT2D eigenvalue weighted by atomic mass is 9.95. The second kappa shape index (κ2) is 14.6. The number of hydrogen-bond donors (Lipinski definition) is 1. The van der Waals surface area contributed by atoms with E-state index in [1.165, 1.54) is 37.3 Å². The van der Waals surface area contributed by atoms with Gasteiger partial charge in [-0.05, 0) is 67.8 Å². The van der Waals surface area contributed by atoms with Gasteiger partial charge in [-0.2, -0.15) is 13.2 Å². The minimum Gasteiger partial charge on any atom is -0.352 e. The highest BCUT2D eigenvalue weighted by Crippen LogP contribution is 2.37. The highest BCUT2D eigenvalue weighted by Gasteiger charge is 2.37. The molecule has 1 aliphatic carbocycles. The number of amides is 2. The van der Waals surface area contributed by atoms with E-state index in [1.54, 1.807) is 18.2 Å². The third kappa shape index (κ3) is 8.64. The molecule has 7 nitrogen and oxygen atoms in total. The van der Waals surface area contributed by atoms with Gasteiger partial charge in [-0.15, -0.1) is 0 Å². The number of anilines is 1. The van der Waals surface area contributed by atoms with E-state index in [4.69, 9.17) is 34.8 Å². The molecule has 3 aromatic rings. The third-order valence-corrected chi connectivity index (χ3v) is 10.3. The summed E-state index contributed by atoms with van der Waals surface area (Å²) in [5, 5.41) is 3.19. The molecule has 0 aromatic heterocycles. The van der Waals surface area contributed by atoms with E-state index >= 15 is 0 Å². The molecular weight excluding hydrogens is 674 g/mol. The molecular formula is C31H31Cl3F3N3O4S. The van der Waals surface area contributed by atoms with Gasteiger partial charge in [-0.1, -0.05) is 78.3 Å². The van der Waals surface area contributed by atoms with Crippen LogP contribution in [0.4, 0.5) is 18.9 Å². The molecule has 0 unspecified atom stereocenters. The maximum absolute atomic E-state index is 14.1. The summed E-state index contributed by atoms with van der Waals surface area (Å²) in [6, 6.07) is 12.5. The molecule has 0 saturated heterocycles. The SMILES string of the molecule is C[C@@H](C(=O)NC1CCCCC1)N(Cc1ccc(Cl)cc1Cl)C(=O)CN(c1cc(C(F)(F)F)ccc1Cl)S(=O)(=O)c1ccccc1. The zero-order valence-corrected chi connectivity index (χ0v) is 27.2. The molecule has 0 heterocycles. The Labute approximate surface area is 275 Å². The minimum absolute atomic E-state index is 0.0800. The number of carbonyl (C=O) groups excluding carboxylic acids is 2. The molecule has 1 atom stereocenters. The van der Waals surface area contributed by atoms with Crippen LogP contribution in [0.25, 0.3) is 0 Å². The van der Waals surface area contributed by atoms with E-state index in [1.807, 2.05) is 0 Å². The van der Waals surface area contributed by atoms with E-state index in [-0.39, 0.29) is 27.5 Å². The first-order valence-corrected chi connectivity index (χ1v) is 16.7. The number of alkyl halides is 3. The Hall–Kier alpha value is -2.99. The van der Waals surface area contributed by atoms with Gasteiger partial charge in [0.15, 0.2) is 0 Å². The van der Waals surface area contributed by atoms with Crippen molar-refractivity contribution in [2.75, 3.05) is 10.8 Å². The van der Waals surface area contributed by atoms with E-state index in [9.17, 15) is 31.2 Å². The maximum atomic E-state index is 14.1. The third-order valence-electron chi connectivity index (χ3n) is 7.63. The van der Waals surface area contributed by atoms with Crippen molar-refractivity contribution >= 4 is 62.3 Å². The van der Waals surface area contributed by atoms with Gasteiger partial charge < -0.3 is 10.2 Å². The van der Waals surface area contributed by atoms with E-state index in [0.29, 0.717) is 27.0 Å². The lowest BCUT2D eigenvalue weighted by molar-refractivity contribution is -0.139. The average molecular weight is 705 g/mol. The summed E-state index contributed by atoms with van der Waals surface area (Å²) in [7, 11) is -4.63. The van der Waals surface area contributed by atoms with Crippen molar-refractivity contribution in [3.8, 4) is 0 Å². The van der Waals surface area contributed by atoms with Gasteiger partial charge in [-0.3, -0.25) is 13.9 Å². The number of benzene rings is 3. The van der Waals surface area contributed by atoms with Crippen molar-refractivity contribution < 1.29 is 31.2 Å². The Morgan fingerprint density at radius 3 is 2.22 bits per heavy atom. The minimum atomic E-state index is -4.82. The fourth-order valence-corrected chi connectivity index (χ4v) is 7.28. The second-order valence-electron chi connectivity index (χ2n) is 10.8. The topological polar surface area (TPSA) is 86.8 Å². The Balaban J connectivity index is 1.76. The van der Waals surface area contributed by atoms with E-state index in [2.05, 4.69) is 5.32 Å². The van der Waals surface area contributed by atoms with Crippen LogP contribution in [0.3, 0.4) is 0 Å². The van der Waals surface area contributed by atoms with Crippen LogP contribution in [-0.4, -0.2) is 43.8 Å². The fourth-order valence-electron chi connectivity index (χ4n) is 5.10. The van der Waals surface area contributed by atoms with Gasteiger partial charge in [0.05, 0.1) is 21.2 Å². The number of rotatable bonds is 10. The van der Waals surface area contributed by atoms with Crippen LogP contribution in [0.2, 0.25) is 15.1 Å². The highest BCUT2D eigenvalue weighted by molar-refractivity contribution is 7.92. The van der Waals surface area contributed by atoms with Crippen molar-refractivity contribution in [1.29, 1.82) is 0 Å². The van der Waals surface area contributed by atoms with Crippen LogP contribution in [0.15, 0.2) is 71.6 Å². The Kier molecular flexibility index (Phi) is 11.3. The lowest BCUT2D eigenvalue weighted by Gasteiger charge is -2.33. The monoisotopic (exact) mass is 703 g/mol. The Morgan fingerprint density at radius 2 is 1.60 bits per heavy atom. The molecule has 242 valence electrons. The van der Waals surface area contributed by atoms with Gasteiger partial charge in [0.2, 0.25) is 11.8 Å². The molecule has 0 spiro atoms. The summed E-state index contributed by atoms with van der Waals surface area (Å²) in [4.78, 5) is 28.4. The largest absolute Gasteiger partial charge is 0.416 e. The quantitative estimate of drug-likeness (QED) is 0.234. The number of carbonyl (C=O) groups is 2. The Bertz CT molecular complexity index is 1640. The van der Waals surface area contributed by atoms with Gasteiger partial charge in [0.25, 0.3) is 10.0 Å². The average Bonchev–Trinajstić information content (AvgIpc) is 2.99. The van der Waals surface area contributed by atoms with Crippen molar-refractivity contribution in [2.45, 2.75) is 68.7 Å². The van der Waals surface area contributed by atoms with Crippen molar-refractivity contribution in [2.24, 2.45) is 0 Å². The Morgan fingerprint density at radius 1 is 0.933 bits per heavy atom. The molecule has 14 heteroatoms. The molecule has 1 N–H and O–H groups in total. The number of nitrogens with one attached hydrogen (secondary N) is 1. The molecule has 2 amide bonds. The first kappa shape index (κ1) is 34.9. The van der Waals surface area contributed by atoms with E-state index in [0.717, 1.165) is 43.1 Å². The van der Waals surface area contributed by atoms with Crippen LogP contribution in [0.1, 0.15) is 50.2 Å². The smallest absolute Gasteiger partial charge is 0.352 e. The second-order valence-corrected chi connectivity index (χ2v) is 13.9. The van der Waals surface area contributed by atoms with Gasteiger partial charge in [-0.25, -0.2) is 8.42 Å². The van der Waals surface area contributed by atoms with Gasteiger partial charge in [0, 0.05) is 22.6 Å². The molecule has 0 aliphatic heterocycles. The van der Waals surface area contributed by atoms with Crippen molar-refractivity contribution in [1.82, 2.24) is 10.2 Å². The summed E-state index contributed by atoms with van der Waals surface area (Å²) < 4.78 is 69.5. The molecule has 3 aromatic carbocycles. The molecule has 45 heavy (non-hydrogen) atoms. The molecule has 1 fully saturated rings. The molecule has 0 bridgehead atoms. The van der Waals surface area contributed by atoms with Crippen LogP contribution in [0.5, 0.6) is 0 Å². The number of sulfonamides is 1. The van der Waals surface area contributed by atoms with Crippen LogP contribution >= 0.6 is 34.8 Å². The predicted octanol–water partition coefficient (Wildman–Crippen LogP) is 7.73. The zero-order valence-electron chi connectivity index (χ0n) is 24.2. The summed E-state index contributed by atoms with van der Waals surface area (Å²) >= 11 is 18.7. The number of halogens is 6. The van der Waals surface area contributed by atoms with Gasteiger partial charge >= 0.3 is 6.18 Å². The molecule has 1 aliphatic rings. The lowest BCUT2D eigenvalue weighted by Crippen LogP contribution is -2.53. The van der Waals surface area contributed by atoms with Crippen molar-refractivity contribution in [3.05, 3.63) is 92.9 Å². The predicted molar refractivity (Wildman–Crippen MR) is 169 cm³/mol. The van der Waals surface area contributed by atoms with Crippen LogP contribution < -0.4 is 9.62 Å². The number of nitrogens with zero attached hydrogens (tertiary/aromatic N) is 2. The van der Waals surface area contributed by atoms with Crippen LogP contribution in [-0.2, 0) is 32.3 Å². The zero-order chi connectivity index (χ0) is 32.9. The number of hydrogen-bond acceptors (Lipinski definition) is 4. The standard InChI is InChI=1S/C31H31Cl3F3N3O4S/c1-20(30(42)38-24-8-4-2-5-9-24)39(18-21-12-14-23(32)17-27(21)34)29(41)19-40(45(43,44)25-10-6-3-7-11-25)28-16-22(31(35,36)37)13-15-26(28)33/h3,6-7,10-17,20,24H,2,4-5,8-9,18-19H2,1H3,(H,38,42)/t20-/m0/s1. The first-order chi connectivity index (χ1) is 21.2.